The number of hydrogen-bond donors (Lipinski definition) is 2. The van der Waals surface area contributed by atoms with Gasteiger partial charge in [-0.05, 0) is 55.9 Å². The molecule has 9 heteroatoms. The molecule has 0 bridgehead atoms. The van der Waals surface area contributed by atoms with E-state index in [2.05, 4.69) is 42.4 Å². The number of nitrogens with zero attached hydrogens (tertiary/aromatic N) is 5. The van der Waals surface area contributed by atoms with Crippen molar-refractivity contribution in [2.75, 3.05) is 43.9 Å². The van der Waals surface area contributed by atoms with Gasteiger partial charge in [0, 0.05) is 55.1 Å². The van der Waals surface area contributed by atoms with E-state index in [4.69, 9.17) is 11.6 Å². The van der Waals surface area contributed by atoms with Gasteiger partial charge in [-0.25, -0.2) is 9.97 Å². The minimum atomic E-state index is -0.186. The Labute approximate surface area is 227 Å². The van der Waals surface area contributed by atoms with Crippen molar-refractivity contribution < 1.29 is 4.79 Å². The Bertz CT molecular complexity index is 1400. The van der Waals surface area contributed by atoms with E-state index in [9.17, 15) is 4.79 Å². The van der Waals surface area contributed by atoms with Crippen molar-refractivity contribution in [3.63, 3.8) is 0 Å². The molecule has 0 radical (unpaired) electrons. The van der Waals surface area contributed by atoms with Gasteiger partial charge in [-0.3, -0.25) is 14.7 Å². The van der Waals surface area contributed by atoms with Gasteiger partial charge in [-0.1, -0.05) is 35.9 Å². The van der Waals surface area contributed by atoms with E-state index in [1.54, 1.807) is 12.4 Å². The number of pyridine rings is 1. The summed E-state index contributed by atoms with van der Waals surface area (Å²) in [4.78, 5) is 31.1. The summed E-state index contributed by atoms with van der Waals surface area (Å²) in [5.41, 5.74) is 5.56. The molecule has 38 heavy (non-hydrogen) atoms. The number of piperazine rings is 1. The first-order chi connectivity index (χ1) is 18.4. The zero-order chi connectivity index (χ0) is 26.5. The number of carbonyl (C=O) groups is 1. The van der Waals surface area contributed by atoms with Crippen LogP contribution in [-0.4, -0.2) is 63.9 Å². The molecule has 5 rings (SSSR count). The highest BCUT2D eigenvalue weighted by atomic mass is 35.5. The number of amides is 1. The number of rotatable bonds is 7. The fraction of sp³-hybridized carbons (Fsp3) is 0.241. The van der Waals surface area contributed by atoms with Gasteiger partial charge >= 0.3 is 0 Å². The first kappa shape index (κ1) is 25.8. The minimum Gasteiger partial charge on any atom is -0.322 e. The van der Waals surface area contributed by atoms with Crippen LogP contribution < -0.4 is 10.6 Å². The average molecular weight is 528 g/mol. The molecule has 8 nitrogen and oxygen atoms in total. The van der Waals surface area contributed by atoms with Gasteiger partial charge in [-0.2, -0.15) is 0 Å². The molecule has 2 N–H and O–H groups in total. The Morgan fingerprint density at radius 3 is 2.45 bits per heavy atom. The van der Waals surface area contributed by atoms with E-state index in [1.165, 1.54) is 5.56 Å². The Morgan fingerprint density at radius 2 is 1.71 bits per heavy atom. The predicted molar refractivity (Wildman–Crippen MR) is 152 cm³/mol. The number of aromatic nitrogens is 3. The van der Waals surface area contributed by atoms with E-state index < -0.39 is 0 Å². The Kier molecular flexibility index (Phi) is 7.93. The smallest absolute Gasteiger partial charge is 0.255 e. The second-order valence-electron chi connectivity index (χ2n) is 9.48. The second-order valence-corrected chi connectivity index (χ2v) is 9.92. The lowest BCUT2D eigenvalue weighted by Gasteiger charge is -2.32. The van der Waals surface area contributed by atoms with E-state index in [1.807, 2.05) is 67.6 Å². The summed E-state index contributed by atoms with van der Waals surface area (Å²) in [6.07, 6.45) is 3.34. The van der Waals surface area contributed by atoms with Crippen molar-refractivity contribution in [2.24, 2.45) is 0 Å². The Hall–Kier alpha value is -3.85. The van der Waals surface area contributed by atoms with Crippen molar-refractivity contribution >= 4 is 34.8 Å². The second kappa shape index (κ2) is 11.7. The van der Waals surface area contributed by atoms with E-state index in [-0.39, 0.29) is 5.91 Å². The van der Waals surface area contributed by atoms with Gasteiger partial charge in [0.1, 0.15) is 0 Å². The van der Waals surface area contributed by atoms with Gasteiger partial charge in [0.05, 0.1) is 29.0 Å². The lowest BCUT2D eigenvalue weighted by molar-refractivity contribution is 0.102. The van der Waals surface area contributed by atoms with E-state index >= 15 is 0 Å². The van der Waals surface area contributed by atoms with Crippen LogP contribution in [0.2, 0.25) is 5.02 Å². The van der Waals surface area contributed by atoms with Gasteiger partial charge < -0.3 is 15.5 Å². The number of nitrogens with one attached hydrogen (secondary N) is 2. The molecule has 2 aromatic carbocycles. The van der Waals surface area contributed by atoms with Crippen LogP contribution in [-0.2, 0) is 6.54 Å². The lowest BCUT2D eigenvalue weighted by atomic mass is 10.1. The molecule has 0 unspecified atom stereocenters. The number of likely N-dealkylation sites (N-methyl/N-ethyl adjacent to an activating group) is 1. The highest BCUT2D eigenvalue weighted by Crippen LogP contribution is 2.24. The van der Waals surface area contributed by atoms with Crippen molar-refractivity contribution in [1.29, 1.82) is 0 Å². The molecule has 0 aliphatic carbocycles. The third-order valence-corrected chi connectivity index (χ3v) is 6.86. The zero-order valence-corrected chi connectivity index (χ0v) is 22.2. The maximum absolute atomic E-state index is 12.9. The third kappa shape index (κ3) is 6.52. The average Bonchev–Trinajstić information content (AvgIpc) is 2.93. The summed E-state index contributed by atoms with van der Waals surface area (Å²) in [6.45, 7) is 7.08. The van der Waals surface area contributed by atoms with Gasteiger partial charge in [0.2, 0.25) is 5.95 Å². The SMILES string of the molecule is Cc1ncc(NC(=O)c2ccc(CN3CCN(C)CC3)cc2)cc1Nc1nccc(-c2ccc(Cl)cc2)n1. The van der Waals surface area contributed by atoms with Crippen LogP contribution in [0.25, 0.3) is 11.3 Å². The summed E-state index contributed by atoms with van der Waals surface area (Å²) in [6, 6.07) is 19.0. The largest absolute Gasteiger partial charge is 0.322 e. The van der Waals surface area contributed by atoms with Gasteiger partial charge in [-0.15, -0.1) is 0 Å². The molecule has 0 saturated carbocycles. The van der Waals surface area contributed by atoms with Crippen LogP contribution in [0.3, 0.4) is 0 Å². The number of anilines is 3. The molecular weight excluding hydrogens is 498 g/mol. The maximum atomic E-state index is 12.9. The molecule has 0 atom stereocenters. The van der Waals surface area contributed by atoms with Crippen molar-refractivity contribution in [3.05, 3.63) is 94.9 Å². The summed E-state index contributed by atoms with van der Waals surface area (Å²) < 4.78 is 0. The molecule has 0 spiro atoms. The van der Waals surface area contributed by atoms with Gasteiger partial charge in [0.15, 0.2) is 0 Å². The van der Waals surface area contributed by atoms with E-state index in [0.29, 0.717) is 27.9 Å². The van der Waals surface area contributed by atoms with Crippen LogP contribution in [0.1, 0.15) is 21.6 Å². The lowest BCUT2D eigenvalue weighted by Crippen LogP contribution is -2.43. The number of carbonyl (C=O) groups excluding carboxylic acids is 1. The highest BCUT2D eigenvalue weighted by molar-refractivity contribution is 6.30. The molecule has 1 saturated heterocycles. The van der Waals surface area contributed by atoms with Crippen LogP contribution in [0.15, 0.2) is 73.1 Å². The van der Waals surface area contributed by atoms with Crippen LogP contribution >= 0.6 is 11.6 Å². The summed E-state index contributed by atoms with van der Waals surface area (Å²) in [5, 5.41) is 6.85. The molecule has 194 valence electrons. The number of aryl methyl sites for hydroxylation is 1. The summed E-state index contributed by atoms with van der Waals surface area (Å²) in [7, 11) is 2.15. The first-order valence-corrected chi connectivity index (χ1v) is 12.9. The predicted octanol–water partition coefficient (Wildman–Crippen LogP) is 5.24. The van der Waals surface area contributed by atoms with E-state index in [0.717, 1.165) is 49.7 Å². The molecule has 1 aliphatic heterocycles. The standard InChI is InChI=1S/C29H30ClN7O/c1-20-27(35-29-31-12-11-26(34-29)22-7-9-24(30)10-8-22)17-25(18-32-20)33-28(38)23-5-3-21(4-6-23)19-37-15-13-36(2)14-16-37/h3-12,17-18H,13-16,19H2,1-2H3,(H,33,38)(H,31,34,35). The molecule has 1 fully saturated rings. The quantitative estimate of drug-likeness (QED) is 0.340. The van der Waals surface area contributed by atoms with Crippen molar-refractivity contribution in [3.8, 4) is 11.3 Å². The third-order valence-electron chi connectivity index (χ3n) is 6.61. The number of benzene rings is 2. The molecule has 3 heterocycles. The Balaban J connectivity index is 1.24. The van der Waals surface area contributed by atoms with Crippen molar-refractivity contribution in [1.82, 2.24) is 24.8 Å². The first-order valence-electron chi connectivity index (χ1n) is 12.6. The summed E-state index contributed by atoms with van der Waals surface area (Å²) in [5.74, 6) is 0.246. The molecule has 2 aromatic heterocycles. The van der Waals surface area contributed by atoms with Gasteiger partial charge in [0.25, 0.3) is 5.91 Å². The molecule has 1 aliphatic rings. The monoisotopic (exact) mass is 527 g/mol. The van der Waals surface area contributed by atoms with Crippen LogP contribution in [0, 0.1) is 6.92 Å². The van der Waals surface area contributed by atoms with Crippen LogP contribution in [0.4, 0.5) is 17.3 Å². The minimum absolute atomic E-state index is 0.186. The molecular formula is C29H30ClN7O. The maximum Gasteiger partial charge on any atom is 0.255 e. The Morgan fingerprint density at radius 1 is 0.974 bits per heavy atom. The zero-order valence-electron chi connectivity index (χ0n) is 21.5. The number of hydrogen-bond acceptors (Lipinski definition) is 7. The molecule has 4 aromatic rings. The van der Waals surface area contributed by atoms with Crippen LogP contribution in [0.5, 0.6) is 0 Å². The highest BCUT2D eigenvalue weighted by Gasteiger charge is 2.15. The fourth-order valence-electron chi connectivity index (χ4n) is 4.28. The summed E-state index contributed by atoms with van der Waals surface area (Å²) >= 11 is 6.01. The van der Waals surface area contributed by atoms with Crippen molar-refractivity contribution in [2.45, 2.75) is 13.5 Å². The molecule has 1 amide bonds. The topological polar surface area (TPSA) is 86.3 Å². The number of halogens is 1. The fourth-order valence-corrected chi connectivity index (χ4v) is 4.40. The normalized spacial score (nSPS) is 14.3.